The molecule has 0 saturated heterocycles. The van der Waals surface area contributed by atoms with Crippen LogP contribution in [0.4, 0.5) is 0 Å². The molecule has 0 fully saturated rings. The lowest BCUT2D eigenvalue weighted by Gasteiger charge is -2.20. The van der Waals surface area contributed by atoms with Crippen molar-refractivity contribution in [2.75, 3.05) is 6.54 Å². The molecule has 3 heterocycles. The Morgan fingerprint density at radius 2 is 1.97 bits per heavy atom. The van der Waals surface area contributed by atoms with Crippen molar-refractivity contribution in [3.8, 4) is 11.4 Å². The summed E-state index contributed by atoms with van der Waals surface area (Å²) in [6.45, 7) is 6.18. The van der Waals surface area contributed by atoms with Crippen LogP contribution in [0.1, 0.15) is 53.6 Å². The van der Waals surface area contributed by atoms with Crippen molar-refractivity contribution in [2.45, 2.75) is 52.6 Å². The number of imidazole rings is 1. The number of aryl methyl sites for hydroxylation is 1. The van der Waals surface area contributed by atoms with Crippen molar-refractivity contribution in [3.63, 3.8) is 0 Å². The number of hydrogen-bond donors (Lipinski definition) is 0. The first-order valence-electron chi connectivity index (χ1n) is 10.5. The summed E-state index contributed by atoms with van der Waals surface area (Å²) >= 11 is 0. The van der Waals surface area contributed by atoms with Gasteiger partial charge in [-0.25, -0.2) is 4.98 Å². The Morgan fingerprint density at radius 1 is 1.17 bits per heavy atom. The van der Waals surface area contributed by atoms with Crippen molar-refractivity contribution < 1.29 is 4.79 Å². The predicted octanol–water partition coefficient (Wildman–Crippen LogP) is 3.98. The number of nitrogens with zero attached hydrogens (tertiary/aromatic N) is 5. The number of benzene rings is 1. The molecular weight excluding hydrogens is 362 g/mol. The summed E-state index contributed by atoms with van der Waals surface area (Å²) in [5.74, 6) is 0.933. The van der Waals surface area contributed by atoms with Crippen LogP contribution >= 0.6 is 0 Å². The molecule has 0 aliphatic carbocycles. The Balaban J connectivity index is 1.72. The second kappa shape index (κ2) is 8.23. The summed E-state index contributed by atoms with van der Waals surface area (Å²) in [4.78, 5) is 20.3. The number of rotatable bonds is 5. The molecule has 0 saturated carbocycles. The van der Waals surface area contributed by atoms with Gasteiger partial charge in [0.05, 0.1) is 11.9 Å². The maximum Gasteiger partial charge on any atom is 0.274 e. The van der Waals surface area contributed by atoms with Gasteiger partial charge in [0, 0.05) is 43.5 Å². The highest BCUT2D eigenvalue weighted by molar-refractivity contribution is 5.94. The summed E-state index contributed by atoms with van der Waals surface area (Å²) in [5, 5.41) is 4.32. The molecule has 29 heavy (non-hydrogen) atoms. The van der Waals surface area contributed by atoms with E-state index >= 15 is 0 Å². The van der Waals surface area contributed by atoms with Crippen LogP contribution in [0.15, 0.2) is 36.5 Å². The van der Waals surface area contributed by atoms with Crippen LogP contribution in [-0.2, 0) is 26.6 Å². The van der Waals surface area contributed by atoms with Gasteiger partial charge in [-0.05, 0) is 33.1 Å². The van der Waals surface area contributed by atoms with Gasteiger partial charge in [0.2, 0.25) is 0 Å². The van der Waals surface area contributed by atoms with Crippen LogP contribution in [0.3, 0.4) is 0 Å². The van der Waals surface area contributed by atoms with Gasteiger partial charge in [0.15, 0.2) is 0 Å². The van der Waals surface area contributed by atoms with Gasteiger partial charge in [-0.15, -0.1) is 0 Å². The second-order valence-electron chi connectivity index (χ2n) is 7.76. The molecule has 0 unspecified atom stereocenters. The first kappa shape index (κ1) is 19.4. The summed E-state index contributed by atoms with van der Waals surface area (Å²) < 4.78 is 4.13. The third-order valence-electron chi connectivity index (χ3n) is 5.97. The maximum absolute atomic E-state index is 13.6. The van der Waals surface area contributed by atoms with E-state index in [0.29, 0.717) is 18.8 Å². The Kier molecular flexibility index (Phi) is 5.51. The van der Waals surface area contributed by atoms with E-state index in [9.17, 15) is 4.79 Å². The minimum atomic E-state index is 0.0172. The van der Waals surface area contributed by atoms with Crippen LogP contribution in [0.2, 0.25) is 0 Å². The smallest absolute Gasteiger partial charge is 0.274 e. The van der Waals surface area contributed by atoms with E-state index in [1.165, 1.54) is 6.42 Å². The van der Waals surface area contributed by atoms with Gasteiger partial charge < -0.3 is 9.47 Å². The van der Waals surface area contributed by atoms with Crippen molar-refractivity contribution in [2.24, 2.45) is 7.05 Å². The van der Waals surface area contributed by atoms with E-state index in [0.717, 1.165) is 54.1 Å². The van der Waals surface area contributed by atoms with Gasteiger partial charge in [0.25, 0.3) is 5.91 Å². The first-order chi connectivity index (χ1) is 14.1. The fourth-order valence-corrected chi connectivity index (χ4v) is 4.08. The molecule has 0 N–H and O–H groups in total. The van der Waals surface area contributed by atoms with E-state index in [1.807, 2.05) is 54.9 Å². The summed E-state index contributed by atoms with van der Waals surface area (Å²) in [6.07, 6.45) is 6.19. The van der Waals surface area contributed by atoms with E-state index < -0.39 is 0 Å². The van der Waals surface area contributed by atoms with E-state index in [4.69, 9.17) is 4.98 Å². The molecule has 152 valence electrons. The number of hydrogen-bond acceptors (Lipinski definition) is 3. The monoisotopic (exact) mass is 391 g/mol. The van der Waals surface area contributed by atoms with Gasteiger partial charge in [-0.1, -0.05) is 36.8 Å². The lowest BCUT2D eigenvalue weighted by molar-refractivity contribution is 0.0745. The largest absolute Gasteiger partial charge is 0.333 e. The average Bonchev–Trinajstić information content (AvgIpc) is 3.15. The van der Waals surface area contributed by atoms with Crippen LogP contribution < -0.4 is 0 Å². The number of amides is 1. The minimum absolute atomic E-state index is 0.0172. The normalized spacial score (nSPS) is 13.8. The topological polar surface area (TPSA) is 56.0 Å². The fourth-order valence-electron chi connectivity index (χ4n) is 4.08. The molecule has 0 bridgehead atoms. The molecule has 0 atom stereocenters. The van der Waals surface area contributed by atoms with Crippen LogP contribution in [0.5, 0.6) is 0 Å². The predicted molar refractivity (Wildman–Crippen MR) is 114 cm³/mol. The van der Waals surface area contributed by atoms with Crippen LogP contribution in [0, 0.1) is 6.92 Å². The summed E-state index contributed by atoms with van der Waals surface area (Å²) in [6, 6.07) is 10.2. The second-order valence-corrected chi connectivity index (χ2v) is 7.76. The first-order valence-corrected chi connectivity index (χ1v) is 10.5. The molecule has 0 radical (unpaired) electrons. The maximum atomic E-state index is 13.6. The molecule has 6 heteroatoms. The number of aromatic nitrogens is 4. The van der Waals surface area contributed by atoms with Gasteiger partial charge in [0.1, 0.15) is 11.5 Å². The minimum Gasteiger partial charge on any atom is -0.333 e. The molecule has 1 amide bonds. The van der Waals surface area contributed by atoms with Crippen molar-refractivity contribution in [1.82, 2.24) is 24.2 Å². The molecule has 3 aromatic rings. The lowest BCUT2D eigenvalue weighted by Crippen LogP contribution is -2.31. The average molecular weight is 392 g/mol. The highest BCUT2D eigenvalue weighted by atomic mass is 16.2. The molecule has 4 rings (SSSR count). The Labute approximate surface area is 172 Å². The zero-order valence-electron chi connectivity index (χ0n) is 17.6. The third-order valence-corrected chi connectivity index (χ3v) is 5.97. The van der Waals surface area contributed by atoms with Gasteiger partial charge in [-0.2, -0.15) is 5.10 Å². The molecule has 1 aromatic carbocycles. The highest BCUT2D eigenvalue weighted by Crippen LogP contribution is 2.28. The number of carbonyl (C=O) groups is 1. The van der Waals surface area contributed by atoms with Crippen molar-refractivity contribution >= 4 is 5.91 Å². The van der Waals surface area contributed by atoms with Gasteiger partial charge in [-0.3, -0.25) is 9.48 Å². The van der Waals surface area contributed by atoms with Crippen molar-refractivity contribution in [3.05, 3.63) is 59.2 Å². The number of carbonyl (C=O) groups excluding carboxylic acids is 1. The Morgan fingerprint density at radius 3 is 2.66 bits per heavy atom. The molecule has 1 aliphatic rings. The zero-order chi connectivity index (χ0) is 20.4. The van der Waals surface area contributed by atoms with E-state index in [-0.39, 0.29) is 5.91 Å². The third kappa shape index (κ3) is 3.71. The van der Waals surface area contributed by atoms with E-state index in [1.54, 1.807) is 0 Å². The summed E-state index contributed by atoms with van der Waals surface area (Å²) in [5.41, 5.74) is 4.95. The Bertz CT molecular complexity index is 1000. The van der Waals surface area contributed by atoms with Crippen molar-refractivity contribution in [1.29, 1.82) is 0 Å². The lowest BCUT2D eigenvalue weighted by atomic mass is 10.1. The van der Waals surface area contributed by atoms with Crippen LogP contribution in [0.25, 0.3) is 11.4 Å². The molecular formula is C23H29N5O. The summed E-state index contributed by atoms with van der Waals surface area (Å²) in [7, 11) is 1.93. The molecule has 1 aliphatic heterocycles. The quantitative estimate of drug-likeness (QED) is 0.661. The number of fused-ring (bicyclic) bond motifs is 1. The van der Waals surface area contributed by atoms with E-state index in [2.05, 4.69) is 21.8 Å². The zero-order valence-corrected chi connectivity index (χ0v) is 17.6. The standard InChI is InChI=1S/C23H29N5O/c1-4-27(16-19-15-24-26(3)17(19)2)23(29)21-20-13-9-6-10-14-28(20)22(25-21)18-11-7-5-8-12-18/h5,7-8,11-12,15H,4,6,9-10,13-14,16H2,1-3H3. The van der Waals surface area contributed by atoms with Crippen LogP contribution in [-0.4, -0.2) is 36.7 Å². The fraction of sp³-hybridized carbons (Fsp3) is 0.435. The molecule has 6 nitrogen and oxygen atoms in total. The SMILES string of the molecule is CCN(Cc1cnn(C)c1C)C(=O)c1nc(-c2ccccc2)n2c1CCCCC2. The van der Waals surface area contributed by atoms with Gasteiger partial charge >= 0.3 is 0 Å². The molecule has 0 spiro atoms. The molecule has 2 aromatic heterocycles. The Hall–Kier alpha value is -2.89. The highest BCUT2D eigenvalue weighted by Gasteiger charge is 2.27.